The molecule has 2 atom stereocenters. The summed E-state index contributed by atoms with van der Waals surface area (Å²) in [6.07, 6.45) is 8.08. The van der Waals surface area contributed by atoms with Crippen molar-refractivity contribution >= 4 is 18.0 Å². The minimum Gasteiger partial charge on any atom is -0.478 e. The van der Waals surface area contributed by atoms with Crippen molar-refractivity contribution in [3.05, 3.63) is 29.7 Å². The van der Waals surface area contributed by atoms with Gasteiger partial charge in [0.05, 0.1) is 5.56 Å². The van der Waals surface area contributed by atoms with Gasteiger partial charge in [-0.05, 0) is 37.3 Å². The molecule has 1 N–H and O–H groups in total. The molecular weight excluding hydrogens is 282 g/mol. The molecule has 0 saturated carbocycles. The zero-order valence-electron chi connectivity index (χ0n) is 13.1. The maximum absolute atomic E-state index is 12.6. The Morgan fingerprint density at radius 3 is 3.00 bits per heavy atom. The van der Waals surface area contributed by atoms with Gasteiger partial charge >= 0.3 is 5.97 Å². The summed E-state index contributed by atoms with van der Waals surface area (Å²) in [5.74, 6) is -0.195. The second-order valence-electron chi connectivity index (χ2n) is 5.88. The van der Waals surface area contributed by atoms with Crippen LogP contribution in [0.15, 0.2) is 22.8 Å². The van der Waals surface area contributed by atoms with E-state index in [9.17, 15) is 9.59 Å². The highest BCUT2D eigenvalue weighted by Gasteiger charge is 2.33. The molecule has 22 heavy (non-hydrogen) atoms. The standard InChI is InChI=1S/C17H23NO4/c1-3-5-12(2)15-6-4-9-18(15)17(21)13-10-14(22-11-13)7-8-16(19)20/h7-8,10-12,15H,3-6,9H2,1-2H3,(H,19,20)/b8-7+. The van der Waals surface area contributed by atoms with E-state index in [2.05, 4.69) is 13.8 Å². The Morgan fingerprint density at radius 2 is 2.32 bits per heavy atom. The highest BCUT2D eigenvalue weighted by atomic mass is 16.4. The molecule has 2 unspecified atom stereocenters. The molecule has 0 aliphatic carbocycles. The first-order valence-electron chi connectivity index (χ1n) is 7.83. The van der Waals surface area contributed by atoms with Crippen molar-refractivity contribution in [3.8, 4) is 0 Å². The summed E-state index contributed by atoms with van der Waals surface area (Å²) in [5, 5.41) is 8.61. The monoisotopic (exact) mass is 305 g/mol. The van der Waals surface area contributed by atoms with E-state index >= 15 is 0 Å². The molecule has 0 aromatic carbocycles. The molecule has 1 saturated heterocycles. The summed E-state index contributed by atoms with van der Waals surface area (Å²) in [6.45, 7) is 5.15. The number of nitrogens with zero attached hydrogens (tertiary/aromatic N) is 1. The summed E-state index contributed by atoms with van der Waals surface area (Å²) in [7, 11) is 0. The van der Waals surface area contributed by atoms with Crippen LogP contribution < -0.4 is 0 Å². The van der Waals surface area contributed by atoms with Crippen molar-refractivity contribution in [3.63, 3.8) is 0 Å². The first-order chi connectivity index (χ1) is 10.5. The van der Waals surface area contributed by atoms with Crippen LogP contribution in [0.5, 0.6) is 0 Å². The highest BCUT2D eigenvalue weighted by Crippen LogP contribution is 2.28. The van der Waals surface area contributed by atoms with E-state index in [0.717, 1.165) is 38.3 Å². The van der Waals surface area contributed by atoms with Crippen molar-refractivity contribution < 1.29 is 19.1 Å². The molecule has 1 amide bonds. The van der Waals surface area contributed by atoms with Crippen molar-refractivity contribution in [2.75, 3.05) is 6.54 Å². The van der Waals surface area contributed by atoms with Crippen LogP contribution in [0.4, 0.5) is 0 Å². The fraction of sp³-hybridized carbons (Fsp3) is 0.529. The largest absolute Gasteiger partial charge is 0.478 e. The van der Waals surface area contributed by atoms with Gasteiger partial charge in [-0.3, -0.25) is 4.79 Å². The van der Waals surface area contributed by atoms with Crippen molar-refractivity contribution in [1.29, 1.82) is 0 Å². The molecule has 0 radical (unpaired) electrons. The van der Waals surface area contributed by atoms with Crippen molar-refractivity contribution in [1.82, 2.24) is 4.90 Å². The minimum atomic E-state index is -1.04. The van der Waals surface area contributed by atoms with E-state index in [0.29, 0.717) is 23.3 Å². The summed E-state index contributed by atoms with van der Waals surface area (Å²) in [5.41, 5.74) is 0.487. The molecule has 5 nitrogen and oxygen atoms in total. The van der Waals surface area contributed by atoms with E-state index in [1.807, 2.05) is 4.90 Å². The van der Waals surface area contributed by atoms with Crippen molar-refractivity contribution in [2.24, 2.45) is 5.92 Å². The topological polar surface area (TPSA) is 70.8 Å². The highest BCUT2D eigenvalue weighted by molar-refractivity contribution is 5.95. The van der Waals surface area contributed by atoms with E-state index in [4.69, 9.17) is 9.52 Å². The smallest absolute Gasteiger partial charge is 0.328 e. The van der Waals surface area contributed by atoms with Gasteiger partial charge < -0.3 is 14.4 Å². The maximum Gasteiger partial charge on any atom is 0.328 e. The molecule has 0 spiro atoms. The van der Waals surface area contributed by atoms with Gasteiger partial charge in [0, 0.05) is 18.7 Å². The Bertz CT molecular complexity index is 561. The number of rotatable bonds is 6. The molecule has 1 aliphatic heterocycles. The van der Waals surface area contributed by atoms with Gasteiger partial charge in [-0.1, -0.05) is 20.3 Å². The van der Waals surface area contributed by atoms with E-state index < -0.39 is 5.97 Å². The van der Waals surface area contributed by atoms with Gasteiger partial charge in [-0.15, -0.1) is 0 Å². The Morgan fingerprint density at radius 1 is 1.55 bits per heavy atom. The molecule has 1 aromatic rings. The number of hydrogen-bond donors (Lipinski definition) is 1. The van der Waals surface area contributed by atoms with Crippen LogP contribution in [0.3, 0.4) is 0 Å². The lowest BCUT2D eigenvalue weighted by Crippen LogP contribution is -2.39. The second-order valence-corrected chi connectivity index (χ2v) is 5.88. The lowest BCUT2D eigenvalue weighted by atomic mass is 9.95. The summed E-state index contributed by atoms with van der Waals surface area (Å²) in [6, 6.07) is 1.89. The van der Waals surface area contributed by atoms with Crippen LogP contribution in [0.2, 0.25) is 0 Å². The Balaban J connectivity index is 2.08. The number of carbonyl (C=O) groups excluding carboxylic acids is 1. The van der Waals surface area contributed by atoms with Gasteiger partial charge in [-0.2, -0.15) is 0 Å². The summed E-state index contributed by atoms with van der Waals surface area (Å²) < 4.78 is 5.24. The third kappa shape index (κ3) is 3.78. The van der Waals surface area contributed by atoms with Crippen LogP contribution in [0.1, 0.15) is 55.6 Å². The Hall–Kier alpha value is -2.04. The zero-order valence-corrected chi connectivity index (χ0v) is 13.1. The van der Waals surface area contributed by atoms with Gasteiger partial charge in [0.15, 0.2) is 0 Å². The predicted octanol–water partition coefficient (Wildman–Crippen LogP) is 3.42. The summed E-state index contributed by atoms with van der Waals surface area (Å²) in [4.78, 5) is 25.1. The summed E-state index contributed by atoms with van der Waals surface area (Å²) >= 11 is 0. The van der Waals surface area contributed by atoms with E-state index in [1.165, 1.54) is 12.3 Å². The van der Waals surface area contributed by atoms with Crippen LogP contribution in [0.25, 0.3) is 6.08 Å². The lowest BCUT2D eigenvalue weighted by molar-refractivity contribution is -0.131. The molecule has 2 heterocycles. The first-order valence-corrected chi connectivity index (χ1v) is 7.83. The van der Waals surface area contributed by atoms with Crippen molar-refractivity contribution in [2.45, 2.75) is 45.6 Å². The SMILES string of the molecule is CCCC(C)C1CCCN1C(=O)c1coc(/C=C/C(=O)O)c1. The number of carbonyl (C=O) groups is 2. The minimum absolute atomic E-state index is 0.0239. The molecule has 1 aromatic heterocycles. The van der Waals surface area contributed by atoms with Gasteiger partial charge in [0.2, 0.25) is 0 Å². The third-order valence-corrected chi connectivity index (χ3v) is 4.22. The van der Waals surface area contributed by atoms with Crippen LogP contribution in [0, 0.1) is 5.92 Å². The molecule has 1 aliphatic rings. The average Bonchev–Trinajstić information content (AvgIpc) is 3.14. The fourth-order valence-electron chi connectivity index (χ4n) is 3.16. The van der Waals surface area contributed by atoms with Crippen LogP contribution >= 0.6 is 0 Å². The Labute approximate surface area is 130 Å². The number of carboxylic acids is 1. The Kier molecular flexibility index (Phi) is 5.41. The molecular formula is C17H23NO4. The van der Waals surface area contributed by atoms with Gasteiger partial charge in [-0.25, -0.2) is 4.79 Å². The first kappa shape index (κ1) is 16.3. The second kappa shape index (κ2) is 7.29. The third-order valence-electron chi connectivity index (χ3n) is 4.22. The number of likely N-dealkylation sites (tertiary alicyclic amines) is 1. The molecule has 120 valence electrons. The van der Waals surface area contributed by atoms with Crippen LogP contribution in [-0.4, -0.2) is 34.5 Å². The van der Waals surface area contributed by atoms with E-state index in [-0.39, 0.29) is 5.91 Å². The van der Waals surface area contributed by atoms with Crippen LogP contribution in [-0.2, 0) is 4.79 Å². The quantitative estimate of drug-likeness (QED) is 0.817. The van der Waals surface area contributed by atoms with Gasteiger partial charge in [0.1, 0.15) is 12.0 Å². The maximum atomic E-state index is 12.6. The predicted molar refractivity (Wildman–Crippen MR) is 83.5 cm³/mol. The molecule has 5 heteroatoms. The lowest BCUT2D eigenvalue weighted by Gasteiger charge is -2.29. The number of amides is 1. The van der Waals surface area contributed by atoms with Gasteiger partial charge in [0.25, 0.3) is 5.91 Å². The molecule has 0 bridgehead atoms. The van der Waals surface area contributed by atoms with E-state index in [1.54, 1.807) is 6.07 Å². The number of carboxylic acid groups (broad SMARTS) is 1. The molecule has 1 fully saturated rings. The normalized spacial score (nSPS) is 19.7. The number of hydrogen-bond acceptors (Lipinski definition) is 3. The number of aliphatic carboxylic acids is 1. The zero-order chi connectivity index (χ0) is 16.1. The fourth-order valence-corrected chi connectivity index (χ4v) is 3.16. The molecule has 2 rings (SSSR count). The number of furan rings is 1. The average molecular weight is 305 g/mol.